The highest BCUT2D eigenvalue weighted by Crippen LogP contribution is 2.01. The van der Waals surface area contributed by atoms with E-state index in [9.17, 15) is 8.42 Å². The Kier molecular flexibility index (Phi) is 4.91. The van der Waals surface area contributed by atoms with Gasteiger partial charge in [0, 0.05) is 13.2 Å². The lowest BCUT2D eigenvalue weighted by Gasteiger charge is -2.07. The van der Waals surface area contributed by atoms with E-state index in [1.807, 2.05) is 13.8 Å². The number of hydrogen-bond donors (Lipinski definition) is 2. The molecule has 6 nitrogen and oxygen atoms in total. The summed E-state index contributed by atoms with van der Waals surface area (Å²) in [5, 5.41) is 0.0808. The van der Waals surface area contributed by atoms with Gasteiger partial charge in [-0.25, -0.2) is 18.1 Å². The monoisotopic (exact) mass is 247 g/mol. The van der Waals surface area contributed by atoms with E-state index in [0.717, 1.165) is 0 Å². The van der Waals surface area contributed by atoms with Crippen LogP contribution in [-0.2, 0) is 14.8 Å². The number of aromatic nitrogens is 2. The molecule has 0 aromatic carbocycles. The van der Waals surface area contributed by atoms with Crippen LogP contribution >= 0.6 is 0 Å². The summed E-state index contributed by atoms with van der Waals surface area (Å²) in [6, 6.07) is 0. The van der Waals surface area contributed by atoms with Gasteiger partial charge in [-0.2, -0.15) is 0 Å². The standard InChI is InChI=1S/C9H17N3O3S/c1-8(2)15-5-3-4-12-16(13,14)9-6-10-7-11-9/h6-8,12H,3-5H2,1-2H3,(H,10,11). The number of H-pyrrole nitrogens is 1. The van der Waals surface area contributed by atoms with E-state index in [4.69, 9.17) is 4.74 Å². The quantitative estimate of drug-likeness (QED) is 0.687. The van der Waals surface area contributed by atoms with Gasteiger partial charge in [-0.05, 0) is 20.3 Å². The van der Waals surface area contributed by atoms with Gasteiger partial charge in [-0.3, -0.25) is 0 Å². The first-order valence-electron chi connectivity index (χ1n) is 5.12. The highest BCUT2D eigenvalue weighted by Gasteiger charge is 2.13. The van der Waals surface area contributed by atoms with E-state index in [2.05, 4.69) is 14.7 Å². The van der Waals surface area contributed by atoms with Gasteiger partial charge >= 0.3 is 0 Å². The summed E-state index contributed by atoms with van der Waals surface area (Å²) in [5.74, 6) is 0. The summed E-state index contributed by atoms with van der Waals surface area (Å²) in [4.78, 5) is 6.20. The molecular weight excluding hydrogens is 230 g/mol. The molecule has 0 saturated heterocycles. The first kappa shape index (κ1) is 13.1. The Morgan fingerprint density at radius 2 is 2.31 bits per heavy atom. The second kappa shape index (κ2) is 5.97. The molecule has 92 valence electrons. The predicted molar refractivity (Wildman–Crippen MR) is 59.5 cm³/mol. The maximum Gasteiger partial charge on any atom is 0.257 e. The van der Waals surface area contributed by atoms with Crippen molar-refractivity contribution < 1.29 is 13.2 Å². The minimum Gasteiger partial charge on any atom is -0.379 e. The van der Waals surface area contributed by atoms with Crippen LogP contribution in [0.5, 0.6) is 0 Å². The molecule has 0 aliphatic rings. The second-order valence-electron chi connectivity index (χ2n) is 3.59. The normalized spacial score (nSPS) is 12.2. The maximum absolute atomic E-state index is 11.6. The zero-order valence-electron chi connectivity index (χ0n) is 9.43. The van der Waals surface area contributed by atoms with E-state index >= 15 is 0 Å². The van der Waals surface area contributed by atoms with E-state index in [0.29, 0.717) is 19.6 Å². The maximum atomic E-state index is 11.6. The molecule has 1 aromatic heterocycles. The van der Waals surface area contributed by atoms with Crippen molar-refractivity contribution in [2.75, 3.05) is 13.2 Å². The third kappa shape index (κ3) is 4.30. The molecular formula is C9H17N3O3S. The summed E-state index contributed by atoms with van der Waals surface area (Å²) in [6.45, 7) is 4.78. The van der Waals surface area contributed by atoms with Crippen molar-refractivity contribution in [3.8, 4) is 0 Å². The Balaban J connectivity index is 2.28. The van der Waals surface area contributed by atoms with Crippen molar-refractivity contribution in [2.45, 2.75) is 31.4 Å². The first-order chi connectivity index (χ1) is 7.52. The Morgan fingerprint density at radius 3 is 2.88 bits per heavy atom. The smallest absolute Gasteiger partial charge is 0.257 e. The number of nitrogens with one attached hydrogen (secondary N) is 2. The van der Waals surface area contributed by atoms with E-state index in [-0.39, 0.29) is 11.1 Å². The highest BCUT2D eigenvalue weighted by atomic mass is 32.2. The molecule has 0 saturated carbocycles. The molecule has 0 aliphatic carbocycles. The van der Waals surface area contributed by atoms with Gasteiger partial charge in [0.15, 0.2) is 5.03 Å². The van der Waals surface area contributed by atoms with Crippen LogP contribution < -0.4 is 4.72 Å². The highest BCUT2D eigenvalue weighted by molar-refractivity contribution is 7.89. The number of sulfonamides is 1. The number of rotatable bonds is 7. The Hall–Kier alpha value is -0.920. The predicted octanol–water partition coefficient (Wildman–Crippen LogP) is 0.503. The number of hydrogen-bond acceptors (Lipinski definition) is 4. The lowest BCUT2D eigenvalue weighted by molar-refractivity contribution is 0.0778. The van der Waals surface area contributed by atoms with E-state index in [1.165, 1.54) is 12.5 Å². The van der Waals surface area contributed by atoms with E-state index in [1.54, 1.807) is 0 Å². The lowest BCUT2D eigenvalue weighted by atomic mass is 10.4. The van der Waals surface area contributed by atoms with Crippen LogP contribution in [0.2, 0.25) is 0 Å². The molecule has 1 aromatic rings. The van der Waals surface area contributed by atoms with Crippen molar-refractivity contribution in [3.05, 3.63) is 12.5 Å². The SMILES string of the molecule is CC(C)OCCCNS(=O)(=O)c1cnc[nH]1. The van der Waals surface area contributed by atoms with Crippen molar-refractivity contribution in [3.63, 3.8) is 0 Å². The average molecular weight is 247 g/mol. The molecule has 0 unspecified atom stereocenters. The fourth-order valence-corrected chi connectivity index (χ4v) is 2.04. The summed E-state index contributed by atoms with van der Waals surface area (Å²) >= 11 is 0. The van der Waals surface area contributed by atoms with Crippen LogP contribution in [0.1, 0.15) is 20.3 Å². The molecule has 0 bridgehead atoms. The minimum absolute atomic E-state index is 0.0808. The van der Waals surface area contributed by atoms with Crippen LogP contribution in [-0.4, -0.2) is 37.6 Å². The van der Waals surface area contributed by atoms with Gasteiger partial charge < -0.3 is 9.72 Å². The third-order valence-electron chi connectivity index (χ3n) is 1.83. The number of aromatic amines is 1. The fourth-order valence-electron chi connectivity index (χ4n) is 1.07. The minimum atomic E-state index is -3.44. The molecule has 0 amide bonds. The number of ether oxygens (including phenoxy) is 1. The van der Waals surface area contributed by atoms with Crippen LogP contribution in [0, 0.1) is 0 Å². The molecule has 0 spiro atoms. The summed E-state index contributed by atoms with van der Waals surface area (Å²) < 4.78 is 30.9. The fraction of sp³-hybridized carbons (Fsp3) is 0.667. The Bertz CT molecular complexity index is 386. The summed E-state index contributed by atoms with van der Waals surface area (Å²) in [5.41, 5.74) is 0. The average Bonchev–Trinajstić information content (AvgIpc) is 2.69. The Labute approximate surface area is 95.5 Å². The van der Waals surface area contributed by atoms with Gasteiger partial charge in [-0.1, -0.05) is 0 Å². The van der Waals surface area contributed by atoms with Crippen LogP contribution in [0.15, 0.2) is 17.6 Å². The molecule has 0 aliphatic heterocycles. The molecule has 0 atom stereocenters. The summed E-state index contributed by atoms with van der Waals surface area (Å²) in [6.07, 6.45) is 3.42. The molecule has 2 N–H and O–H groups in total. The topological polar surface area (TPSA) is 84.1 Å². The van der Waals surface area contributed by atoms with Gasteiger partial charge in [0.05, 0.1) is 18.6 Å². The van der Waals surface area contributed by atoms with Crippen molar-refractivity contribution in [1.82, 2.24) is 14.7 Å². The molecule has 16 heavy (non-hydrogen) atoms. The number of imidazole rings is 1. The van der Waals surface area contributed by atoms with Gasteiger partial charge in [0.25, 0.3) is 10.0 Å². The molecule has 0 fully saturated rings. The number of nitrogens with zero attached hydrogens (tertiary/aromatic N) is 1. The van der Waals surface area contributed by atoms with Crippen LogP contribution in [0.4, 0.5) is 0 Å². The molecule has 1 heterocycles. The van der Waals surface area contributed by atoms with Gasteiger partial charge in [0.1, 0.15) is 0 Å². The van der Waals surface area contributed by atoms with Crippen LogP contribution in [0.25, 0.3) is 0 Å². The van der Waals surface area contributed by atoms with E-state index < -0.39 is 10.0 Å². The Morgan fingerprint density at radius 1 is 1.56 bits per heavy atom. The van der Waals surface area contributed by atoms with Crippen molar-refractivity contribution in [1.29, 1.82) is 0 Å². The van der Waals surface area contributed by atoms with Gasteiger partial charge in [0.2, 0.25) is 0 Å². The molecule has 0 radical (unpaired) electrons. The third-order valence-corrected chi connectivity index (χ3v) is 3.21. The van der Waals surface area contributed by atoms with Crippen LogP contribution in [0.3, 0.4) is 0 Å². The van der Waals surface area contributed by atoms with Crippen molar-refractivity contribution >= 4 is 10.0 Å². The zero-order chi connectivity index (χ0) is 12.0. The lowest BCUT2D eigenvalue weighted by Crippen LogP contribution is -2.26. The zero-order valence-corrected chi connectivity index (χ0v) is 10.3. The first-order valence-corrected chi connectivity index (χ1v) is 6.60. The molecule has 7 heteroatoms. The second-order valence-corrected chi connectivity index (χ2v) is 5.32. The summed E-state index contributed by atoms with van der Waals surface area (Å²) in [7, 11) is -3.44. The van der Waals surface area contributed by atoms with Gasteiger partial charge in [-0.15, -0.1) is 0 Å². The van der Waals surface area contributed by atoms with Crippen molar-refractivity contribution in [2.24, 2.45) is 0 Å². The molecule has 1 rings (SSSR count). The largest absolute Gasteiger partial charge is 0.379 e.